The zero-order valence-corrected chi connectivity index (χ0v) is 9.92. The minimum absolute atomic E-state index is 0.107. The zero-order valence-electron chi connectivity index (χ0n) is 9.92. The lowest BCUT2D eigenvalue weighted by Gasteiger charge is -2.36. The molecular weight excluding hydrogens is 254 g/mol. The predicted molar refractivity (Wildman–Crippen MR) is 65.5 cm³/mol. The van der Waals surface area contributed by atoms with E-state index in [1.807, 2.05) is 0 Å². The second-order valence-electron chi connectivity index (χ2n) is 4.26. The Balaban J connectivity index is 2.30. The molecule has 2 heterocycles. The molecule has 19 heavy (non-hydrogen) atoms. The summed E-state index contributed by atoms with van der Waals surface area (Å²) < 4.78 is 5.37. The van der Waals surface area contributed by atoms with Crippen molar-refractivity contribution >= 4 is 12.3 Å². The number of nitrogens with zero attached hydrogens (tertiary/aromatic N) is 3. The number of aliphatic hydroxyl groups excluding tert-OH is 3. The van der Waals surface area contributed by atoms with Gasteiger partial charge in [0.1, 0.15) is 18.5 Å². The van der Waals surface area contributed by atoms with Crippen molar-refractivity contribution < 1.29 is 20.1 Å². The van der Waals surface area contributed by atoms with Crippen LogP contribution in [0.3, 0.4) is 0 Å². The summed E-state index contributed by atoms with van der Waals surface area (Å²) >= 11 is 0. The van der Waals surface area contributed by atoms with E-state index >= 15 is 0 Å². The van der Waals surface area contributed by atoms with Crippen LogP contribution >= 0.6 is 0 Å². The van der Waals surface area contributed by atoms with E-state index in [-0.39, 0.29) is 5.96 Å². The topological polar surface area (TPSA) is 150 Å². The Labute approximate surface area is 109 Å². The highest BCUT2D eigenvalue weighted by Gasteiger charge is 2.56. The summed E-state index contributed by atoms with van der Waals surface area (Å²) in [4.78, 5) is 8.44. The summed E-state index contributed by atoms with van der Waals surface area (Å²) in [6.07, 6.45) is 1.76. The molecule has 5 atom stereocenters. The predicted octanol–water partition coefficient (Wildman–Crippen LogP) is -3.67. The van der Waals surface area contributed by atoms with Gasteiger partial charge in [0.25, 0.3) is 0 Å². The first kappa shape index (κ1) is 13.7. The maximum Gasteiger partial charge on any atom is 0.231 e. The molecule has 9 heteroatoms. The lowest BCUT2D eigenvalue weighted by Crippen LogP contribution is -2.62. The third kappa shape index (κ3) is 2.05. The largest absolute Gasteiger partial charge is 0.394 e. The first-order valence-corrected chi connectivity index (χ1v) is 5.48. The minimum atomic E-state index is -1.62. The van der Waals surface area contributed by atoms with Crippen molar-refractivity contribution in [3.05, 3.63) is 0 Å². The molecule has 2 aliphatic rings. The van der Waals surface area contributed by atoms with Gasteiger partial charge in [0.2, 0.25) is 12.3 Å². The Morgan fingerprint density at radius 1 is 1.58 bits per heavy atom. The fraction of sp³-hybridized carbons (Fsp3) is 0.600. The lowest BCUT2D eigenvalue weighted by atomic mass is 9.91. The van der Waals surface area contributed by atoms with E-state index in [0.29, 0.717) is 0 Å². The van der Waals surface area contributed by atoms with Crippen molar-refractivity contribution in [1.29, 1.82) is 0 Å². The molecule has 0 aromatic rings. The van der Waals surface area contributed by atoms with Crippen molar-refractivity contribution in [1.82, 2.24) is 4.90 Å². The van der Waals surface area contributed by atoms with Gasteiger partial charge >= 0.3 is 0 Å². The number of ether oxygens (including phenoxy) is 1. The van der Waals surface area contributed by atoms with E-state index in [0.717, 1.165) is 4.90 Å². The molecule has 0 aromatic heterocycles. The Hall–Kier alpha value is -1.70. The van der Waals surface area contributed by atoms with Crippen molar-refractivity contribution in [2.24, 2.45) is 21.5 Å². The average Bonchev–Trinajstić information content (AvgIpc) is 2.63. The second kappa shape index (κ2) is 4.76. The van der Waals surface area contributed by atoms with Gasteiger partial charge in [-0.25, -0.2) is 4.99 Å². The van der Waals surface area contributed by atoms with E-state index < -0.39 is 36.9 Å². The molecule has 0 aromatic carbocycles. The molecule has 0 aliphatic carbocycles. The first-order valence-electron chi connectivity index (χ1n) is 5.48. The quantitative estimate of drug-likeness (QED) is 0.324. The standard InChI is InChI=1S/C10H15N5O4/c1-2-10(12)6(17)5(3-16)19-7(10)15-4-13-8(11)14-9(15)18/h1,4-7,9,16-18H,3,12H2,(H2,11,14)/t5-,6?,7-,9?,10?/m1/s1. The number of aliphatic imine (C=N–C) groups is 2. The van der Waals surface area contributed by atoms with Gasteiger partial charge in [-0.15, -0.1) is 6.42 Å². The van der Waals surface area contributed by atoms with Crippen LogP contribution in [0.5, 0.6) is 0 Å². The van der Waals surface area contributed by atoms with Gasteiger partial charge in [0.15, 0.2) is 11.8 Å². The molecule has 0 amide bonds. The van der Waals surface area contributed by atoms with Gasteiger partial charge in [-0.2, -0.15) is 4.99 Å². The number of aliphatic hydroxyl groups is 3. The second-order valence-corrected chi connectivity index (χ2v) is 4.26. The lowest BCUT2D eigenvalue weighted by molar-refractivity contribution is -0.103. The highest BCUT2D eigenvalue weighted by molar-refractivity contribution is 5.87. The number of rotatable bonds is 2. The Kier molecular flexibility index (Phi) is 3.44. The van der Waals surface area contributed by atoms with Gasteiger partial charge in [0.05, 0.1) is 6.61 Å². The van der Waals surface area contributed by atoms with Crippen LogP contribution in [0.25, 0.3) is 0 Å². The summed E-state index contributed by atoms with van der Waals surface area (Å²) in [6.45, 7) is -0.467. The van der Waals surface area contributed by atoms with Crippen molar-refractivity contribution in [3.8, 4) is 12.3 Å². The average molecular weight is 269 g/mol. The van der Waals surface area contributed by atoms with Crippen LogP contribution in [0, 0.1) is 12.3 Å². The molecule has 0 spiro atoms. The molecule has 104 valence electrons. The zero-order chi connectivity index (χ0) is 14.2. The van der Waals surface area contributed by atoms with Gasteiger partial charge in [0, 0.05) is 0 Å². The summed E-state index contributed by atoms with van der Waals surface area (Å²) in [7, 11) is 0. The van der Waals surface area contributed by atoms with Crippen LogP contribution in [-0.2, 0) is 4.74 Å². The Morgan fingerprint density at radius 3 is 2.79 bits per heavy atom. The Bertz CT molecular complexity index is 461. The van der Waals surface area contributed by atoms with E-state index in [1.54, 1.807) is 0 Å². The van der Waals surface area contributed by atoms with Gasteiger partial charge in [-0.1, -0.05) is 5.92 Å². The van der Waals surface area contributed by atoms with E-state index in [9.17, 15) is 10.2 Å². The van der Waals surface area contributed by atoms with E-state index in [1.165, 1.54) is 6.34 Å². The fourth-order valence-corrected chi connectivity index (χ4v) is 2.01. The van der Waals surface area contributed by atoms with Gasteiger partial charge in [-0.3, -0.25) is 4.90 Å². The highest BCUT2D eigenvalue weighted by atomic mass is 16.6. The summed E-state index contributed by atoms with van der Waals surface area (Å²) in [5, 5.41) is 28.9. The number of hydrogen-bond acceptors (Lipinski definition) is 9. The molecule has 1 fully saturated rings. The van der Waals surface area contributed by atoms with Crippen molar-refractivity contribution in [2.75, 3.05) is 6.61 Å². The first-order chi connectivity index (χ1) is 8.93. The number of guanidine groups is 1. The number of terminal acetylenes is 1. The van der Waals surface area contributed by atoms with E-state index in [2.05, 4.69) is 15.9 Å². The van der Waals surface area contributed by atoms with Crippen LogP contribution in [0.4, 0.5) is 0 Å². The highest BCUT2D eigenvalue weighted by Crippen LogP contribution is 2.31. The SMILES string of the molecule is C#CC1(N)C(O)[C@@H](CO)O[C@H]1N1C=NC(N)=NC1O. The molecule has 0 radical (unpaired) electrons. The van der Waals surface area contributed by atoms with Crippen LogP contribution < -0.4 is 11.5 Å². The Morgan fingerprint density at radius 2 is 2.26 bits per heavy atom. The molecule has 1 saturated heterocycles. The molecule has 3 unspecified atom stereocenters. The van der Waals surface area contributed by atoms with Crippen LogP contribution in [-0.4, -0.2) is 69.5 Å². The summed E-state index contributed by atoms with van der Waals surface area (Å²) in [6, 6.07) is 0. The maximum atomic E-state index is 9.98. The molecule has 2 rings (SSSR count). The van der Waals surface area contributed by atoms with Gasteiger partial charge < -0.3 is 31.5 Å². The van der Waals surface area contributed by atoms with Crippen molar-refractivity contribution in [2.45, 2.75) is 30.3 Å². The minimum Gasteiger partial charge on any atom is -0.394 e. The third-order valence-electron chi connectivity index (χ3n) is 3.09. The third-order valence-corrected chi connectivity index (χ3v) is 3.09. The van der Waals surface area contributed by atoms with Crippen molar-refractivity contribution in [3.63, 3.8) is 0 Å². The normalized spacial score (nSPS) is 42.1. The van der Waals surface area contributed by atoms with Crippen LogP contribution in [0.15, 0.2) is 9.98 Å². The smallest absolute Gasteiger partial charge is 0.231 e. The van der Waals surface area contributed by atoms with Crippen LogP contribution in [0.1, 0.15) is 0 Å². The van der Waals surface area contributed by atoms with Crippen LogP contribution in [0.2, 0.25) is 0 Å². The fourth-order valence-electron chi connectivity index (χ4n) is 2.01. The monoisotopic (exact) mass is 269 g/mol. The molecular formula is C10H15N5O4. The molecule has 0 bridgehead atoms. The summed E-state index contributed by atoms with van der Waals surface area (Å²) in [5.41, 5.74) is 9.63. The summed E-state index contributed by atoms with van der Waals surface area (Å²) in [5.74, 6) is 2.12. The van der Waals surface area contributed by atoms with Gasteiger partial charge in [-0.05, 0) is 0 Å². The molecule has 7 N–H and O–H groups in total. The van der Waals surface area contributed by atoms with E-state index in [4.69, 9.17) is 27.7 Å². The molecule has 9 nitrogen and oxygen atoms in total. The number of hydrogen-bond donors (Lipinski definition) is 5. The molecule has 0 saturated carbocycles. The number of nitrogens with two attached hydrogens (primary N) is 2. The molecule has 2 aliphatic heterocycles. The maximum absolute atomic E-state index is 9.98.